The van der Waals surface area contributed by atoms with Gasteiger partial charge in [0.1, 0.15) is 18.4 Å². The van der Waals surface area contributed by atoms with Crippen molar-refractivity contribution in [3.8, 4) is 5.75 Å². The second-order valence-electron chi connectivity index (χ2n) is 5.79. The van der Waals surface area contributed by atoms with Crippen molar-refractivity contribution in [1.29, 1.82) is 0 Å². The molecule has 2 aromatic rings. The average molecular weight is 449 g/mol. The van der Waals surface area contributed by atoms with E-state index >= 15 is 0 Å². The molecule has 2 aromatic carbocycles. The second kappa shape index (κ2) is 11.0. The van der Waals surface area contributed by atoms with Gasteiger partial charge >= 0.3 is 5.97 Å². The van der Waals surface area contributed by atoms with Crippen LogP contribution in [0.2, 0.25) is 15.1 Å². The third-order valence-electron chi connectivity index (χ3n) is 3.90. The van der Waals surface area contributed by atoms with Crippen LogP contribution in [0, 0.1) is 0 Å². The van der Waals surface area contributed by atoms with Gasteiger partial charge in [-0.05, 0) is 48.8 Å². The Kier molecular flexibility index (Phi) is 9.06. The third kappa shape index (κ3) is 6.77. The number of carbonyl (C=O) groups is 1. The van der Waals surface area contributed by atoms with Crippen LogP contribution in [0.25, 0.3) is 0 Å². The maximum Gasteiger partial charge on any atom is 0.320 e. The fraction of sp³-hybridized carbons (Fsp3) is 0.316. The van der Waals surface area contributed by atoms with E-state index in [2.05, 4.69) is 5.32 Å². The van der Waals surface area contributed by atoms with Crippen LogP contribution in [0.1, 0.15) is 17.5 Å². The molecular weight excluding hydrogens is 429 g/mol. The van der Waals surface area contributed by atoms with Gasteiger partial charge in [0.25, 0.3) is 0 Å². The molecular formula is C19H20Cl3NO3S. The molecule has 0 spiro atoms. The number of nitrogens with one attached hydrogen (secondary N) is 1. The SMILES string of the molecule is CSCCC(NCc1cc(Cl)ccc1OCc1c(Cl)cccc1Cl)C(=O)O. The highest BCUT2D eigenvalue weighted by Gasteiger charge is 2.17. The fourth-order valence-corrected chi connectivity index (χ4v) is 3.60. The summed E-state index contributed by atoms with van der Waals surface area (Å²) in [6.45, 7) is 0.513. The summed E-state index contributed by atoms with van der Waals surface area (Å²) < 4.78 is 5.89. The number of thioether (sulfide) groups is 1. The van der Waals surface area contributed by atoms with Crippen LogP contribution in [0.15, 0.2) is 36.4 Å². The minimum Gasteiger partial charge on any atom is -0.488 e. The molecule has 2 N–H and O–H groups in total. The van der Waals surface area contributed by atoms with Gasteiger partial charge in [0.05, 0.1) is 0 Å². The molecule has 1 atom stereocenters. The van der Waals surface area contributed by atoms with Crippen LogP contribution in [-0.2, 0) is 17.9 Å². The van der Waals surface area contributed by atoms with Gasteiger partial charge in [-0.25, -0.2) is 0 Å². The van der Waals surface area contributed by atoms with E-state index in [9.17, 15) is 9.90 Å². The average Bonchev–Trinajstić information content (AvgIpc) is 2.62. The summed E-state index contributed by atoms with van der Waals surface area (Å²) in [7, 11) is 0. The normalized spacial score (nSPS) is 12.0. The van der Waals surface area contributed by atoms with Crippen molar-refractivity contribution >= 4 is 52.5 Å². The zero-order valence-electron chi connectivity index (χ0n) is 14.7. The van der Waals surface area contributed by atoms with Crippen LogP contribution in [-0.4, -0.2) is 29.1 Å². The lowest BCUT2D eigenvalue weighted by atomic mass is 10.1. The molecule has 1 unspecified atom stereocenters. The molecule has 0 bridgehead atoms. The van der Waals surface area contributed by atoms with Crippen molar-refractivity contribution in [2.75, 3.05) is 12.0 Å². The fourth-order valence-electron chi connectivity index (χ4n) is 2.43. The Morgan fingerprint density at radius 2 is 1.93 bits per heavy atom. The second-order valence-corrected chi connectivity index (χ2v) is 8.03. The van der Waals surface area contributed by atoms with Gasteiger partial charge in [-0.3, -0.25) is 4.79 Å². The number of benzene rings is 2. The number of carboxylic acid groups (broad SMARTS) is 1. The van der Waals surface area contributed by atoms with E-state index in [0.29, 0.717) is 39.3 Å². The molecule has 0 amide bonds. The lowest BCUT2D eigenvalue weighted by Crippen LogP contribution is -2.36. The first-order chi connectivity index (χ1) is 12.9. The van der Waals surface area contributed by atoms with Gasteiger partial charge in [0, 0.05) is 32.7 Å². The molecule has 0 aliphatic carbocycles. The van der Waals surface area contributed by atoms with Crippen LogP contribution >= 0.6 is 46.6 Å². The molecule has 0 fully saturated rings. The quantitative estimate of drug-likeness (QED) is 0.501. The van der Waals surface area contributed by atoms with E-state index in [1.165, 1.54) is 0 Å². The Labute approximate surface area is 178 Å². The maximum absolute atomic E-state index is 11.4. The monoisotopic (exact) mass is 447 g/mol. The van der Waals surface area contributed by atoms with Crippen molar-refractivity contribution in [2.45, 2.75) is 25.6 Å². The molecule has 0 aliphatic rings. The van der Waals surface area contributed by atoms with Gasteiger partial charge < -0.3 is 15.2 Å². The highest BCUT2D eigenvalue weighted by atomic mass is 35.5. The van der Waals surface area contributed by atoms with E-state index in [0.717, 1.165) is 11.3 Å². The van der Waals surface area contributed by atoms with Crippen LogP contribution in [0.5, 0.6) is 5.75 Å². The summed E-state index contributed by atoms with van der Waals surface area (Å²) in [6, 6.07) is 9.86. The first kappa shape index (κ1) is 22.2. The van der Waals surface area contributed by atoms with Crippen molar-refractivity contribution in [3.63, 3.8) is 0 Å². The van der Waals surface area contributed by atoms with E-state index < -0.39 is 12.0 Å². The first-order valence-corrected chi connectivity index (χ1v) is 10.7. The van der Waals surface area contributed by atoms with Crippen molar-refractivity contribution in [1.82, 2.24) is 5.32 Å². The standard InChI is InChI=1S/C19H20Cl3NO3S/c1-27-8-7-17(19(24)25)23-10-12-9-13(20)5-6-18(12)26-11-14-15(21)3-2-4-16(14)22/h2-6,9,17,23H,7-8,10-11H2,1H3,(H,24,25). The number of hydrogen-bond donors (Lipinski definition) is 2. The largest absolute Gasteiger partial charge is 0.488 e. The molecule has 0 radical (unpaired) electrons. The Morgan fingerprint density at radius 1 is 1.22 bits per heavy atom. The molecule has 0 aliphatic heterocycles. The number of aliphatic carboxylic acids is 1. The van der Waals surface area contributed by atoms with Crippen LogP contribution in [0.3, 0.4) is 0 Å². The molecule has 2 rings (SSSR count). The van der Waals surface area contributed by atoms with E-state index in [4.69, 9.17) is 39.5 Å². The minimum atomic E-state index is -0.878. The van der Waals surface area contributed by atoms with E-state index in [1.807, 2.05) is 6.26 Å². The van der Waals surface area contributed by atoms with Crippen molar-refractivity contribution in [2.24, 2.45) is 0 Å². The highest BCUT2D eigenvalue weighted by Crippen LogP contribution is 2.28. The number of hydrogen-bond acceptors (Lipinski definition) is 4. The molecule has 0 saturated carbocycles. The summed E-state index contributed by atoms with van der Waals surface area (Å²) in [5.41, 5.74) is 1.46. The molecule has 8 heteroatoms. The summed E-state index contributed by atoms with van der Waals surface area (Å²) >= 11 is 20.1. The number of halogens is 3. The summed E-state index contributed by atoms with van der Waals surface area (Å²) in [5, 5.41) is 14.0. The first-order valence-electron chi connectivity index (χ1n) is 8.21. The molecule has 146 valence electrons. The summed E-state index contributed by atoms with van der Waals surface area (Å²) in [6.07, 6.45) is 2.48. The third-order valence-corrected chi connectivity index (χ3v) is 5.49. The molecule has 0 heterocycles. The Balaban J connectivity index is 2.11. The van der Waals surface area contributed by atoms with Gasteiger partial charge in [-0.15, -0.1) is 0 Å². The van der Waals surface area contributed by atoms with Gasteiger partial charge in [0.15, 0.2) is 0 Å². The Morgan fingerprint density at radius 3 is 2.56 bits per heavy atom. The summed E-state index contributed by atoms with van der Waals surface area (Å²) in [4.78, 5) is 11.4. The van der Waals surface area contributed by atoms with Crippen LogP contribution in [0.4, 0.5) is 0 Å². The van der Waals surface area contributed by atoms with Crippen molar-refractivity contribution in [3.05, 3.63) is 62.6 Å². The highest BCUT2D eigenvalue weighted by molar-refractivity contribution is 7.98. The lowest BCUT2D eigenvalue weighted by Gasteiger charge is -2.17. The summed E-state index contributed by atoms with van der Waals surface area (Å²) in [5.74, 6) is 0.474. The Bertz CT molecular complexity index is 769. The number of carboxylic acids is 1. The minimum absolute atomic E-state index is 0.196. The molecule has 4 nitrogen and oxygen atoms in total. The maximum atomic E-state index is 11.4. The molecule has 27 heavy (non-hydrogen) atoms. The molecule has 0 saturated heterocycles. The van der Waals surface area contributed by atoms with Crippen LogP contribution < -0.4 is 10.1 Å². The lowest BCUT2D eigenvalue weighted by molar-refractivity contribution is -0.139. The predicted molar refractivity (Wildman–Crippen MR) is 114 cm³/mol. The zero-order chi connectivity index (χ0) is 19.8. The van der Waals surface area contributed by atoms with Gasteiger partial charge in [-0.2, -0.15) is 11.8 Å². The Hall–Kier alpha value is -1.11. The smallest absolute Gasteiger partial charge is 0.320 e. The molecule has 0 aromatic heterocycles. The zero-order valence-corrected chi connectivity index (χ0v) is 17.8. The van der Waals surface area contributed by atoms with Gasteiger partial charge in [-0.1, -0.05) is 40.9 Å². The number of rotatable bonds is 10. The topological polar surface area (TPSA) is 58.6 Å². The van der Waals surface area contributed by atoms with Crippen molar-refractivity contribution < 1.29 is 14.6 Å². The van der Waals surface area contributed by atoms with E-state index in [1.54, 1.807) is 48.2 Å². The predicted octanol–water partition coefficient (Wildman–Crippen LogP) is 5.52. The van der Waals surface area contributed by atoms with E-state index in [-0.39, 0.29) is 6.61 Å². The number of ether oxygens (including phenoxy) is 1. The van der Waals surface area contributed by atoms with Gasteiger partial charge in [0.2, 0.25) is 0 Å².